The van der Waals surface area contributed by atoms with Gasteiger partial charge >= 0.3 is 5.97 Å². The maximum atomic E-state index is 12.1. The highest BCUT2D eigenvalue weighted by atomic mass is 35.5. The van der Waals surface area contributed by atoms with Crippen molar-refractivity contribution < 1.29 is 14.7 Å². The topological polar surface area (TPSA) is 70.5 Å². The minimum absolute atomic E-state index is 0.0242. The van der Waals surface area contributed by atoms with Gasteiger partial charge in [0.15, 0.2) is 0 Å². The van der Waals surface area contributed by atoms with E-state index in [0.29, 0.717) is 15.8 Å². The molecule has 0 aliphatic carbocycles. The van der Waals surface area contributed by atoms with Crippen LogP contribution < -0.4 is 0 Å². The quantitative estimate of drug-likeness (QED) is 0.931. The number of likely N-dealkylation sites (tertiary alicyclic amines) is 1. The summed E-state index contributed by atoms with van der Waals surface area (Å²) < 4.78 is 0.501. The van der Waals surface area contributed by atoms with Gasteiger partial charge in [-0.25, -0.2) is 4.98 Å². The second-order valence-electron chi connectivity index (χ2n) is 4.83. The molecular weight excluding hydrogens is 288 g/mol. The number of hydrogen-bond donors (Lipinski definition) is 1. The van der Waals surface area contributed by atoms with Crippen molar-refractivity contribution in [2.45, 2.75) is 38.8 Å². The number of amides is 1. The number of carboxylic acid groups (broad SMARTS) is 1. The molecular formula is C12H15ClN2O3S. The Morgan fingerprint density at radius 1 is 1.63 bits per heavy atom. The van der Waals surface area contributed by atoms with E-state index >= 15 is 0 Å². The highest BCUT2D eigenvalue weighted by molar-refractivity contribution is 7.15. The lowest BCUT2D eigenvalue weighted by Crippen LogP contribution is -2.48. The molecule has 1 aliphatic rings. The molecule has 1 aromatic heterocycles. The molecule has 0 radical (unpaired) electrons. The molecule has 1 aliphatic heterocycles. The normalized spacial score (nSPS) is 24.0. The summed E-state index contributed by atoms with van der Waals surface area (Å²) in [7, 11) is 0. The number of hydrogen-bond acceptors (Lipinski definition) is 4. The van der Waals surface area contributed by atoms with E-state index in [-0.39, 0.29) is 18.4 Å². The first kappa shape index (κ1) is 14.3. The second-order valence-corrected chi connectivity index (χ2v) is 6.52. The molecule has 0 saturated carbocycles. The Kier molecular flexibility index (Phi) is 4.10. The molecule has 19 heavy (non-hydrogen) atoms. The molecule has 2 unspecified atom stereocenters. The molecule has 2 atom stereocenters. The van der Waals surface area contributed by atoms with Crippen molar-refractivity contribution in [2.24, 2.45) is 5.92 Å². The van der Waals surface area contributed by atoms with E-state index in [2.05, 4.69) is 4.98 Å². The van der Waals surface area contributed by atoms with Crippen LogP contribution in [0.3, 0.4) is 0 Å². The van der Waals surface area contributed by atoms with Gasteiger partial charge in [0.25, 0.3) is 0 Å². The number of carboxylic acids is 1. The Morgan fingerprint density at radius 3 is 2.79 bits per heavy atom. The first-order valence-corrected chi connectivity index (χ1v) is 7.26. The fourth-order valence-electron chi connectivity index (χ4n) is 2.48. The maximum Gasteiger partial charge on any atom is 0.309 e. The van der Waals surface area contributed by atoms with Gasteiger partial charge in [0.1, 0.15) is 9.34 Å². The third-order valence-electron chi connectivity index (χ3n) is 3.26. The van der Waals surface area contributed by atoms with E-state index in [9.17, 15) is 14.7 Å². The number of aromatic nitrogens is 1. The van der Waals surface area contributed by atoms with Crippen LogP contribution in [0.15, 0.2) is 6.20 Å². The van der Waals surface area contributed by atoms with Crippen molar-refractivity contribution in [3.05, 3.63) is 15.5 Å². The fourth-order valence-corrected chi connectivity index (χ4v) is 3.57. The average Bonchev–Trinajstić information content (AvgIpc) is 2.74. The van der Waals surface area contributed by atoms with Gasteiger partial charge in [-0.1, -0.05) is 11.6 Å². The van der Waals surface area contributed by atoms with E-state index in [4.69, 9.17) is 11.6 Å². The molecule has 1 N–H and O–H groups in total. The van der Waals surface area contributed by atoms with E-state index in [1.807, 2.05) is 13.8 Å². The number of piperidine rings is 1. The number of carbonyl (C=O) groups is 2. The van der Waals surface area contributed by atoms with Gasteiger partial charge in [0.2, 0.25) is 5.91 Å². The number of halogens is 1. The summed E-state index contributed by atoms with van der Waals surface area (Å²) in [5.74, 6) is -1.54. The Morgan fingerprint density at radius 2 is 2.32 bits per heavy atom. The number of aliphatic carboxylic acids is 1. The van der Waals surface area contributed by atoms with Crippen molar-refractivity contribution in [3.8, 4) is 0 Å². The predicted molar refractivity (Wildman–Crippen MR) is 72.2 cm³/mol. The van der Waals surface area contributed by atoms with Gasteiger partial charge in [-0.05, 0) is 20.3 Å². The lowest BCUT2D eigenvalue weighted by molar-refractivity contribution is -0.153. The lowest BCUT2D eigenvalue weighted by atomic mass is 9.88. The Labute approximate surface area is 120 Å². The smallest absolute Gasteiger partial charge is 0.309 e. The zero-order valence-corrected chi connectivity index (χ0v) is 12.2. The third kappa shape index (κ3) is 2.74. The van der Waals surface area contributed by atoms with Crippen LogP contribution in [0.5, 0.6) is 0 Å². The number of carbonyl (C=O) groups excluding carboxylic acids is 1. The van der Waals surface area contributed by atoms with E-state index in [0.717, 1.165) is 0 Å². The molecule has 7 heteroatoms. The summed E-state index contributed by atoms with van der Waals surface area (Å²) in [6.45, 7) is 3.76. The fraction of sp³-hybridized carbons (Fsp3) is 0.583. The van der Waals surface area contributed by atoms with Crippen molar-refractivity contribution in [2.75, 3.05) is 0 Å². The van der Waals surface area contributed by atoms with Crippen LogP contribution in [0.4, 0.5) is 0 Å². The van der Waals surface area contributed by atoms with Crippen LogP contribution in [0.1, 0.15) is 37.7 Å². The van der Waals surface area contributed by atoms with Crippen molar-refractivity contribution in [1.29, 1.82) is 0 Å². The van der Waals surface area contributed by atoms with Gasteiger partial charge < -0.3 is 10.0 Å². The summed E-state index contributed by atoms with van der Waals surface area (Å²) in [6.07, 6.45) is 2.11. The molecule has 104 valence electrons. The first-order valence-electron chi connectivity index (χ1n) is 6.07. The number of nitrogens with zero attached hydrogens (tertiary/aromatic N) is 2. The summed E-state index contributed by atoms with van der Waals surface area (Å²) >= 11 is 7.11. The molecule has 1 amide bonds. The van der Waals surface area contributed by atoms with Crippen molar-refractivity contribution in [1.82, 2.24) is 9.88 Å². The highest BCUT2D eigenvalue weighted by Gasteiger charge is 2.43. The van der Waals surface area contributed by atoms with Gasteiger partial charge in [0.05, 0.1) is 18.2 Å². The molecule has 0 aromatic carbocycles. The molecule has 2 rings (SSSR count). The van der Waals surface area contributed by atoms with Crippen LogP contribution in [0, 0.1) is 5.92 Å². The third-order valence-corrected chi connectivity index (χ3v) is 4.45. The summed E-state index contributed by atoms with van der Waals surface area (Å²) in [4.78, 5) is 29.3. The SMILES string of the molecule is CC(C)N1C(=O)CCC(C(=O)O)C1c1ncc(Cl)s1. The zero-order chi connectivity index (χ0) is 14.2. The minimum Gasteiger partial charge on any atom is -0.481 e. The highest BCUT2D eigenvalue weighted by Crippen LogP contribution is 2.40. The van der Waals surface area contributed by atoms with Crippen LogP contribution >= 0.6 is 22.9 Å². The van der Waals surface area contributed by atoms with E-state index in [1.165, 1.54) is 17.5 Å². The molecule has 0 bridgehead atoms. The molecule has 2 heterocycles. The zero-order valence-electron chi connectivity index (χ0n) is 10.7. The summed E-state index contributed by atoms with van der Waals surface area (Å²) in [6, 6.07) is -0.585. The van der Waals surface area contributed by atoms with Crippen LogP contribution in [-0.4, -0.2) is 32.9 Å². The maximum absolute atomic E-state index is 12.1. The lowest BCUT2D eigenvalue weighted by Gasteiger charge is -2.40. The predicted octanol–water partition coefficient (Wildman–Crippen LogP) is 2.57. The molecule has 5 nitrogen and oxygen atoms in total. The largest absolute Gasteiger partial charge is 0.481 e. The number of thiazole rings is 1. The molecule has 0 spiro atoms. The standard InChI is InChI=1S/C12H15ClN2O3S/c1-6(2)15-9(16)4-3-7(12(17)18)10(15)11-14-5-8(13)19-11/h5-7,10H,3-4H2,1-2H3,(H,17,18). The van der Waals surface area contributed by atoms with Crippen LogP contribution in [0.2, 0.25) is 4.34 Å². The summed E-state index contributed by atoms with van der Waals surface area (Å²) in [5, 5.41) is 9.96. The first-order chi connectivity index (χ1) is 8.91. The van der Waals surface area contributed by atoms with Gasteiger partial charge in [-0.3, -0.25) is 9.59 Å². The average molecular weight is 303 g/mol. The number of rotatable bonds is 3. The Bertz CT molecular complexity index is 503. The van der Waals surface area contributed by atoms with Crippen LogP contribution in [0.25, 0.3) is 0 Å². The molecule has 1 saturated heterocycles. The molecule has 1 aromatic rings. The van der Waals surface area contributed by atoms with Gasteiger partial charge in [0, 0.05) is 12.5 Å². The van der Waals surface area contributed by atoms with Crippen LogP contribution in [-0.2, 0) is 9.59 Å². The second kappa shape index (κ2) is 5.46. The molecule has 1 fully saturated rings. The monoisotopic (exact) mass is 302 g/mol. The van der Waals surface area contributed by atoms with Gasteiger partial charge in [-0.2, -0.15) is 0 Å². The van der Waals surface area contributed by atoms with Crippen molar-refractivity contribution >= 4 is 34.8 Å². The minimum atomic E-state index is -0.894. The Balaban J connectivity index is 2.43. The van der Waals surface area contributed by atoms with E-state index < -0.39 is 17.9 Å². The van der Waals surface area contributed by atoms with Gasteiger partial charge in [-0.15, -0.1) is 11.3 Å². The Hall–Kier alpha value is -1.14. The van der Waals surface area contributed by atoms with E-state index in [1.54, 1.807) is 4.90 Å². The van der Waals surface area contributed by atoms with Crippen molar-refractivity contribution in [3.63, 3.8) is 0 Å². The summed E-state index contributed by atoms with van der Waals surface area (Å²) in [5.41, 5.74) is 0.